The molecule has 1 aliphatic heterocycles. The van der Waals surface area contributed by atoms with Gasteiger partial charge in [-0.05, 0) is 24.6 Å². The summed E-state index contributed by atoms with van der Waals surface area (Å²) in [4.78, 5) is 23.5. The molecular formula is C15H14O6. The van der Waals surface area contributed by atoms with E-state index in [1.165, 1.54) is 21.1 Å². The first kappa shape index (κ1) is 14.6. The van der Waals surface area contributed by atoms with Gasteiger partial charge in [0, 0.05) is 0 Å². The summed E-state index contributed by atoms with van der Waals surface area (Å²) in [5.74, 6) is -1.38. The molecule has 6 heteroatoms. The zero-order valence-corrected chi connectivity index (χ0v) is 11.8. The Morgan fingerprint density at radius 3 is 2.24 bits per heavy atom. The zero-order chi connectivity index (χ0) is 15.6. The van der Waals surface area contributed by atoms with Crippen LogP contribution in [0.3, 0.4) is 0 Å². The van der Waals surface area contributed by atoms with Crippen LogP contribution >= 0.6 is 0 Å². The number of carbonyl (C=O) groups excluding carboxylic acids is 2. The van der Waals surface area contributed by atoms with E-state index in [0.29, 0.717) is 11.3 Å². The molecule has 0 spiro atoms. The Bertz CT molecular complexity index is 651. The first-order valence-electron chi connectivity index (χ1n) is 6.09. The molecule has 0 bridgehead atoms. The molecule has 0 saturated carbocycles. The van der Waals surface area contributed by atoms with Gasteiger partial charge in [-0.1, -0.05) is 12.1 Å². The third-order valence-corrected chi connectivity index (χ3v) is 3.07. The van der Waals surface area contributed by atoms with Crippen LogP contribution in [0.25, 0.3) is 5.57 Å². The Labute approximate surface area is 121 Å². The number of hydrogen-bond donors (Lipinski definition) is 1. The monoisotopic (exact) mass is 290 g/mol. The van der Waals surface area contributed by atoms with E-state index in [9.17, 15) is 14.7 Å². The molecule has 0 amide bonds. The van der Waals surface area contributed by atoms with Gasteiger partial charge < -0.3 is 19.3 Å². The zero-order valence-electron chi connectivity index (χ0n) is 11.8. The van der Waals surface area contributed by atoms with E-state index < -0.39 is 11.9 Å². The minimum atomic E-state index is -0.718. The van der Waals surface area contributed by atoms with Crippen molar-refractivity contribution in [1.82, 2.24) is 0 Å². The molecule has 0 aromatic heterocycles. The van der Waals surface area contributed by atoms with Gasteiger partial charge in [-0.15, -0.1) is 0 Å². The Hall–Kier alpha value is -2.76. The lowest BCUT2D eigenvalue weighted by atomic mass is 10.0. The van der Waals surface area contributed by atoms with Gasteiger partial charge in [-0.25, -0.2) is 9.59 Å². The smallest absolute Gasteiger partial charge is 0.343 e. The van der Waals surface area contributed by atoms with Crippen LogP contribution in [-0.2, 0) is 19.1 Å². The first-order valence-corrected chi connectivity index (χ1v) is 6.09. The Balaban J connectivity index is 2.59. The van der Waals surface area contributed by atoms with Gasteiger partial charge in [-0.3, -0.25) is 0 Å². The van der Waals surface area contributed by atoms with E-state index in [2.05, 4.69) is 0 Å². The number of methoxy groups -OCH3 is 2. The maximum atomic E-state index is 12.0. The predicted molar refractivity (Wildman–Crippen MR) is 73.4 cm³/mol. The summed E-state index contributed by atoms with van der Waals surface area (Å²) < 4.78 is 14.7. The van der Waals surface area contributed by atoms with Gasteiger partial charge in [-0.2, -0.15) is 0 Å². The number of esters is 2. The van der Waals surface area contributed by atoms with Crippen molar-refractivity contribution < 1.29 is 28.9 Å². The summed E-state index contributed by atoms with van der Waals surface area (Å²) in [6.07, 6.45) is 0. The van der Waals surface area contributed by atoms with Crippen molar-refractivity contribution in [3.8, 4) is 5.75 Å². The number of aliphatic hydroxyl groups is 1. The molecule has 6 nitrogen and oxygen atoms in total. The summed E-state index contributed by atoms with van der Waals surface area (Å²) in [5.41, 5.74) is 0.453. The standard InChI is InChI=1S/C15H14O6/c1-8-12(16)13(21-14(8)17)11(15(18)20-3)9-4-6-10(19-2)7-5-9/h4-7,16H,1-3H3/b13-11+. The molecule has 0 radical (unpaired) electrons. The van der Waals surface area contributed by atoms with Crippen LogP contribution in [0, 0.1) is 0 Å². The third kappa shape index (κ3) is 2.60. The largest absolute Gasteiger partial charge is 0.504 e. The van der Waals surface area contributed by atoms with E-state index in [-0.39, 0.29) is 22.7 Å². The van der Waals surface area contributed by atoms with Crippen LogP contribution in [0.1, 0.15) is 12.5 Å². The molecule has 0 fully saturated rings. The molecule has 0 atom stereocenters. The third-order valence-electron chi connectivity index (χ3n) is 3.07. The fourth-order valence-corrected chi connectivity index (χ4v) is 1.86. The second kappa shape index (κ2) is 5.70. The molecule has 110 valence electrons. The molecule has 0 saturated heterocycles. The van der Waals surface area contributed by atoms with Gasteiger partial charge in [0.2, 0.25) is 0 Å². The summed E-state index contributed by atoms with van der Waals surface area (Å²) in [6.45, 7) is 1.41. The van der Waals surface area contributed by atoms with Crippen LogP contribution in [0.5, 0.6) is 5.75 Å². The lowest BCUT2D eigenvalue weighted by Gasteiger charge is -2.10. The molecule has 1 aromatic rings. The number of aliphatic hydroxyl groups excluding tert-OH is 1. The molecule has 21 heavy (non-hydrogen) atoms. The Morgan fingerprint density at radius 1 is 1.19 bits per heavy atom. The molecule has 1 aromatic carbocycles. The van der Waals surface area contributed by atoms with Crippen molar-refractivity contribution >= 4 is 17.5 Å². The Morgan fingerprint density at radius 2 is 1.81 bits per heavy atom. The lowest BCUT2D eigenvalue weighted by molar-refractivity contribution is -0.134. The van der Waals surface area contributed by atoms with Crippen molar-refractivity contribution in [3.05, 3.63) is 46.9 Å². The maximum Gasteiger partial charge on any atom is 0.343 e. The lowest BCUT2D eigenvalue weighted by Crippen LogP contribution is -2.09. The fraction of sp³-hybridized carbons (Fsp3) is 0.200. The number of cyclic esters (lactones) is 1. The van der Waals surface area contributed by atoms with Gasteiger partial charge in [0.05, 0.1) is 19.8 Å². The second-order valence-electron chi connectivity index (χ2n) is 4.29. The number of hydrogen-bond acceptors (Lipinski definition) is 6. The molecule has 1 N–H and O–H groups in total. The van der Waals surface area contributed by atoms with Crippen LogP contribution in [-0.4, -0.2) is 31.3 Å². The molecule has 1 aliphatic rings. The highest BCUT2D eigenvalue weighted by atomic mass is 16.6. The maximum absolute atomic E-state index is 12.0. The van der Waals surface area contributed by atoms with Crippen LogP contribution in [0.4, 0.5) is 0 Å². The number of ether oxygens (including phenoxy) is 3. The predicted octanol–water partition coefficient (Wildman–Crippen LogP) is 1.97. The van der Waals surface area contributed by atoms with Gasteiger partial charge >= 0.3 is 11.9 Å². The Kier molecular flexibility index (Phi) is 3.98. The van der Waals surface area contributed by atoms with Crippen LogP contribution < -0.4 is 4.74 Å². The fourth-order valence-electron chi connectivity index (χ4n) is 1.86. The van der Waals surface area contributed by atoms with E-state index in [1.54, 1.807) is 24.3 Å². The topological polar surface area (TPSA) is 82.1 Å². The summed E-state index contributed by atoms with van der Waals surface area (Å²) in [6, 6.07) is 6.49. The molecule has 1 heterocycles. The number of benzene rings is 1. The quantitative estimate of drug-likeness (QED) is 0.677. The second-order valence-corrected chi connectivity index (χ2v) is 4.29. The van der Waals surface area contributed by atoms with Crippen molar-refractivity contribution in [3.63, 3.8) is 0 Å². The normalized spacial score (nSPS) is 16.6. The van der Waals surface area contributed by atoms with Crippen molar-refractivity contribution in [2.24, 2.45) is 0 Å². The molecule has 2 rings (SSSR count). The van der Waals surface area contributed by atoms with E-state index in [4.69, 9.17) is 14.2 Å². The highest BCUT2D eigenvalue weighted by Crippen LogP contribution is 2.32. The molecule has 0 aliphatic carbocycles. The summed E-state index contributed by atoms with van der Waals surface area (Å²) >= 11 is 0. The summed E-state index contributed by atoms with van der Waals surface area (Å²) in [5, 5.41) is 9.95. The van der Waals surface area contributed by atoms with Crippen LogP contribution in [0.15, 0.2) is 41.4 Å². The van der Waals surface area contributed by atoms with E-state index >= 15 is 0 Å². The van der Waals surface area contributed by atoms with Gasteiger partial charge in [0.1, 0.15) is 11.3 Å². The van der Waals surface area contributed by atoms with Crippen molar-refractivity contribution in [2.75, 3.05) is 14.2 Å². The number of rotatable bonds is 3. The number of carbonyl (C=O) groups is 2. The van der Waals surface area contributed by atoms with Gasteiger partial charge in [0.15, 0.2) is 11.5 Å². The summed E-state index contributed by atoms with van der Waals surface area (Å²) in [7, 11) is 2.72. The highest BCUT2D eigenvalue weighted by molar-refractivity contribution is 6.19. The average Bonchev–Trinajstić information content (AvgIpc) is 2.75. The minimum Gasteiger partial charge on any atom is -0.504 e. The SMILES string of the molecule is COC(=O)/C(=C1/OC(=O)C(C)=C1O)c1ccc(OC)cc1. The molecular weight excluding hydrogens is 276 g/mol. The van der Waals surface area contributed by atoms with E-state index in [0.717, 1.165) is 0 Å². The van der Waals surface area contributed by atoms with Gasteiger partial charge in [0.25, 0.3) is 0 Å². The minimum absolute atomic E-state index is 0.0251. The average molecular weight is 290 g/mol. The van der Waals surface area contributed by atoms with Crippen LogP contribution in [0.2, 0.25) is 0 Å². The van der Waals surface area contributed by atoms with Crippen molar-refractivity contribution in [2.45, 2.75) is 6.92 Å². The highest BCUT2D eigenvalue weighted by Gasteiger charge is 2.33. The molecule has 0 unspecified atom stereocenters. The first-order chi connectivity index (χ1) is 9.99. The van der Waals surface area contributed by atoms with Crippen molar-refractivity contribution in [1.29, 1.82) is 0 Å². The van der Waals surface area contributed by atoms with E-state index in [1.807, 2.05) is 0 Å².